The first-order chi connectivity index (χ1) is 7.33. The zero-order chi connectivity index (χ0) is 12.3. The molecule has 0 unspecified atom stereocenters. The Balaban J connectivity index is 2.63. The number of nitrogens with two attached hydrogens (primary N) is 1. The van der Waals surface area contributed by atoms with Gasteiger partial charge in [-0.1, -0.05) is 0 Å². The molecule has 1 saturated heterocycles. The molecule has 16 heavy (non-hydrogen) atoms. The van der Waals surface area contributed by atoms with Crippen molar-refractivity contribution < 1.29 is 14.3 Å². The molecule has 94 valence electrons. The van der Waals surface area contributed by atoms with Gasteiger partial charge >= 0.3 is 6.09 Å². The summed E-state index contributed by atoms with van der Waals surface area (Å²) < 4.78 is 10.8. The second kappa shape index (κ2) is 5.01. The molecular formula is C11H22N2O3. The number of hydrogen-bond donors (Lipinski definition) is 1. The molecule has 0 aromatic heterocycles. The van der Waals surface area contributed by atoms with Gasteiger partial charge in [0.2, 0.25) is 0 Å². The second-order valence-electron chi connectivity index (χ2n) is 5.17. The molecule has 0 aliphatic carbocycles. The van der Waals surface area contributed by atoms with E-state index < -0.39 is 5.60 Å². The van der Waals surface area contributed by atoms with Crippen LogP contribution in [0.1, 0.15) is 27.7 Å². The van der Waals surface area contributed by atoms with Gasteiger partial charge in [0.15, 0.2) is 0 Å². The van der Waals surface area contributed by atoms with Crippen molar-refractivity contribution in [1.29, 1.82) is 0 Å². The maximum absolute atomic E-state index is 11.9. The van der Waals surface area contributed by atoms with E-state index in [0.29, 0.717) is 19.7 Å². The van der Waals surface area contributed by atoms with Gasteiger partial charge in [-0.25, -0.2) is 4.79 Å². The standard InChI is InChI=1S/C11H22N2O3/c1-8-6-13(9(5-12)7-15-8)10(14)16-11(2,3)4/h8-9H,5-7,12H2,1-4H3/t8-,9+/m0/s1. The van der Waals surface area contributed by atoms with E-state index >= 15 is 0 Å². The third-order valence-corrected chi connectivity index (χ3v) is 2.37. The Morgan fingerprint density at radius 1 is 1.56 bits per heavy atom. The Morgan fingerprint density at radius 3 is 2.69 bits per heavy atom. The van der Waals surface area contributed by atoms with E-state index in [9.17, 15) is 4.79 Å². The molecule has 1 heterocycles. The summed E-state index contributed by atoms with van der Waals surface area (Å²) in [7, 11) is 0. The molecule has 0 aromatic carbocycles. The highest BCUT2D eigenvalue weighted by Gasteiger charge is 2.32. The van der Waals surface area contributed by atoms with Gasteiger partial charge < -0.3 is 15.2 Å². The van der Waals surface area contributed by atoms with Crippen LogP contribution in [0.4, 0.5) is 4.79 Å². The van der Waals surface area contributed by atoms with E-state index in [1.54, 1.807) is 4.90 Å². The van der Waals surface area contributed by atoms with Crippen molar-refractivity contribution in [2.75, 3.05) is 19.7 Å². The van der Waals surface area contributed by atoms with Crippen LogP contribution in [0.25, 0.3) is 0 Å². The molecule has 1 amide bonds. The Kier molecular flexibility index (Phi) is 4.15. The van der Waals surface area contributed by atoms with Crippen LogP contribution in [0.5, 0.6) is 0 Å². The van der Waals surface area contributed by atoms with Crippen molar-refractivity contribution in [2.45, 2.75) is 45.4 Å². The minimum Gasteiger partial charge on any atom is -0.444 e. The molecule has 1 aliphatic rings. The molecule has 5 heteroatoms. The van der Waals surface area contributed by atoms with Crippen LogP contribution >= 0.6 is 0 Å². The summed E-state index contributed by atoms with van der Waals surface area (Å²) in [6, 6.07) is -0.0777. The lowest BCUT2D eigenvalue weighted by Crippen LogP contribution is -2.55. The molecule has 1 rings (SSSR count). The van der Waals surface area contributed by atoms with Crippen LogP contribution in [-0.4, -0.2) is 48.4 Å². The summed E-state index contributed by atoms with van der Waals surface area (Å²) >= 11 is 0. The summed E-state index contributed by atoms with van der Waals surface area (Å²) in [5.41, 5.74) is 5.14. The number of carbonyl (C=O) groups is 1. The molecule has 2 N–H and O–H groups in total. The number of amides is 1. The third kappa shape index (κ3) is 3.64. The molecule has 0 saturated carbocycles. The SMILES string of the molecule is C[C@H]1CN(C(=O)OC(C)(C)C)[C@H](CN)CO1. The summed E-state index contributed by atoms with van der Waals surface area (Å²) in [5.74, 6) is 0. The first-order valence-corrected chi connectivity index (χ1v) is 5.65. The maximum atomic E-state index is 11.9. The van der Waals surface area contributed by atoms with Gasteiger partial charge in [0.1, 0.15) is 5.60 Å². The van der Waals surface area contributed by atoms with Crippen LogP contribution < -0.4 is 5.73 Å². The number of rotatable bonds is 1. The van der Waals surface area contributed by atoms with Gasteiger partial charge in [0, 0.05) is 6.54 Å². The van der Waals surface area contributed by atoms with E-state index in [2.05, 4.69) is 0 Å². The summed E-state index contributed by atoms with van der Waals surface area (Å²) in [5, 5.41) is 0. The fourth-order valence-corrected chi connectivity index (χ4v) is 1.58. The normalized spacial score (nSPS) is 26.7. The zero-order valence-electron chi connectivity index (χ0n) is 10.5. The Morgan fingerprint density at radius 2 is 2.19 bits per heavy atom. The highest BCUT2D eigenvalue weighted by molar-refractivity contribution is 5.68. The summed E-state index contributed by atoms with van der Waals surface area (Å²) in [6.07, 6.45) is -0.270. The fraction of sp³-hybridized carbons (Fsp3) is 0.909. The van der Waals surface area contributed by atoms with Crippen molar-refractivity contribution in [3.05, 3.63) is 0 Å². The van der Waals surface area contributed by atoms with Crippen LogP contribution in [0.15, 0.2) is 0 Å². The molecule has 0 radical (unpaired) electrons. The highest BCUT2D eigenvalue weighted by Crippen LogP contribution is 2.16. The van der Waals surface area contributed by atoms with Gasteiger partial charge in [-0.15, -0.1) is 0 Å². The number of hydrogen-bond acceptors (Lipinski definition) is 4. The predicted octanol–water partition coefficient (Wildman–Crippen LogP) is 0.970. The van der Waals surface area contributed by atoms with Crippen molar-refractivity contribution in [3.8, 4) is 0 Å². The molecule has 0 bridgehead atoms. The van der Waals surface area contributed by atoms with Crippen LogP contribution in [-0.2, 0) is 9.47 Å². The van der Waals surface area contributed by atoms with E-state index in [1.165, 1.54) is 0 Å². The topological polar surface area (TPSA) is 64.8 Å². The van der Waals surface area contributed by atoms with Crippen molar-refractivity contribution in [3.63, 3.8) is 0 Å². The zero-order valence-corrected chi connectivity index (χ0v) is 10.5. The lowest BCUT2D eigenvalue weighted by atomic mass is 10.2. The monoisotopic (exact) mass is 230 g/mol. The van der Waals surface area contributed by atoms with Crippen LogP contribution in [0.3, 0.4) is 0 Å². The average molecular weight is 230 g/mol. The number of morpholine rings is 1. The van der Waals surface area contributed by atoms with E-state index in [0.717, 1.165) is 0 Å². The Bertz CT molecular complexity index is 250. The van der Waals surface area contributed by atoms with Crippen molar-refractivity contribution in [2.24, 2.45) is 5.73 Å². The summed E-state index contributed by atoms with van der Waals surface area (Å²) in [6.45, 7) is 8.91. The van der Waals surface area contributed by atoms with Gasteiger partial charge in [-0.2, -0.15) is 0 Å². The molecular weight excluding hydrogens is 208 g/mol. The van der Waals surface area contributed by atoms with Crippen LogP contribution in [0.2, 0.25) is 0 Å². The molecule has 0 spiro atoms. The summed E-state index contributed by atoms with van der Waals surface area (Å²) in [4.78, 5) is 13.6. The largest absolute Gasteiger partial charge is 0.444 e. The Hall–Kier alpha value is -0.810. The molecule has 1 aliphatic heterocycles. The van der Waals surface area contributed by atoms with Crippen molar-refractivity contribution in [1.82, 2.24) is 4.90 Å². The molecule has 5 nitrogen and oxygen atoms in total. The lowest BCUT2D eigenvalue weighted by molar-refractivity contribution is -0.0609. The number of nitrogens with zero attached hydrogens (tertiary/aromatic N) is 1. The van der Waals surface area contributed by atoms with E-state index in [4.69, 9.17) is 15.2 Å². The minimum atomic E-state index is -0.474. The van der Waals surface area contributed by atoms with Crippen molar-refractivity contribution >= 4 is 6.09 Å². The third-order valence-electron chi connectivity index (χ3n) is 2.37. The molecule has 2 atom stereocenters. The quantitative estimate of drug-likeness (QED) is 0.729. The van der Waals surface area contributed by atoms with Gasteiger partial charge in [-0.05, 0) is 27.7 Å². The lowest BCUT2D eigenvalue weighted by Gasteiger charge is -2.38. The van der Waals surface area contributed by atoms with Gasteiger partial charge in [-0.3, -0.25) is 4.90 Å². The smallest absolute Gasteiger partial charge is 0.410 e. The van der Waals surface area contributed by atoms with Gasteiger partial charge in [0.05, 0.1) is 25.3 Å². The Labute approximate surface area is 96.9 Å². The second-order valence-corrected chi connectivity index (χ2v) is 5.17. The van der Waals surface area contributed by atoms with E-state index in [1.807, 2.05) is 27.7 Å². The van der Waals surface area contributed by atoms with Gasteiger partial charge in [0.25, 0.3) is 0 Å². The predicted molar refractivity (Wildman–Crippen MR) is 61.2 cm³/mol. The molecule has 0 aromatic rings. The van der Waals surface area contributed by atoms with Crippen LogP contribution in [0, 0.1) is 0 Å². The fourth-order valence-electron chi connectivity index (χ4n) is 1.58. The minimum absolute atomic E-state index is 0.0373. The first-order valence-electron chi connectivity index (χ1n) is 5.65. The molecule has 1 fully saturated rings. The first kappa shape index (κ1) is 13.3. The van der Waals surface area contributed by atoms with E-state index in [-0.39, 0.29) is 18.2 Å². The highest BCUT2D eigenvalue weighted by atomic mass is 16.6. The number of ether oxygens (including phenoxy) is 2. The number of carbonyl (C=O) groups excluding carboxylic acids is 1. The average Bonchev–Trinajstić information content (AvgIpc) is 2.15. The maximum Gasteiger partial charge on any atom is 0.410 e.